The van der Waals surface area contributed by atoms with E-state index in [0.29, 0.717) is 10.6 Å². The van der Waals surface area contributed by atoms with E-state index in [0.717, 1.165) is 0 Å². The summed E-state index contributed by atoms with van der Waals surface area (Å²) >= 11 is 1.27. The molecule has 3 N–H and O–H groups in total. The Kier molecular flexibility index (Phi) is 5.05. The molecule has 1 aromatic heterocycles. The van der Waals surface area contributed by atoms with Gasteiger partial charge in [-0.2, -0.15) is 0 Å². The molecular formula is C14H13N3O3S. The highest BCUT2D eigenvalue weighted by Gasteiger charge is 2.13. The van der Waals surface area contributed by atoms with Gasteiger partial charge in [0.15, 0.2) is 5.78 Å². The average Bonchev–Trinajstić information content (AvgIpc) is 3.00. The standard InChI is InChI=1S/C14H13N3O3S/c18-11(12-7-4-8-21-12)9-13(19)16-17-14(20)15-10-5-2-1-3-6-10/h1-8H,9H2,(H,16,19)(H2,15,17,20). The lowest BCUT2D eigenvalue weighted by molar-refractivity contribution is -0.120. The van der Waals surface area contributed by atoms with E-state index in [-0.39, 0.29) is 12.2 Å². The molecular weight excluding hydrogens is 290 g/mol. The highest BCUT2D eigenvalue weighted by atomic mass is 32.1. The number of para-hydroxylation sites is 1. The Balaban J connectivity index is 1.74. The zero-order valence-corrected chi connectivity index (χ0v) is 11.8. The van der Waals surface area contributed by atoms with Crippen molar-refractivity contribution in [2.45, 2.75) is 6.42 Å². The van der Waals surface area contributed by atoms with Gasteiger partial charge in [0.25, 0.3) is 0 Å². The Morgan fingerprint density at radius 3 is 2.38 bits per heavy atom. The van der Waals surface area contributed by atoms with Crippen LogP contribution < -0.4 is 16.2 Å². The van der Waals surface area contributed by atoms with Gasteiger partial charge in [0.1, 0.15) is 0 Å². The van der Waals surface area contributed by atoms with Crippen LogP contribution in [0.4, 0.5) is 10.5 Å². The molecule has 7 heteroatoms. The number of anilines is 1. The van der Waals surface area contributed by atoms with Gasteiger partial charge in [-0.05, 0) is 23.6 Å². The topological polar surface area (TPSA) is 87.3 Å². The smallest absolute Gasteiger partial charge is 0.307 e. The molecule has 1 aromatic carbocycles. The van der Waals surface area contributed by atoms with Crippen molar-refractivity contribution in [3.63, 3.8) is 0 Å². The average molecular weight is 303 g/mol. The largest absolute Gasteiger partial charge is 0.337 e. The van der Waals surface area contributed by atoms with Crippen LogP contribution in [-0.2, 0) is 4.79 Å². The Morgan fingerprint density at radius 1 is 0.952 bits per heavy atom. The van der Waals surface area contributed by atoms with Gasteiger partial charge in [-0.1, -0.05) is 24.3 Å². The molecule has 2 aromatic rings. The second-order valence-electron chi connectivity index (χ2n) is 4.07. The van der Waals surface area contributed by atoms with Crippen LogP contribution in [0.5, 0.6) is 0 Å². The molecule has 21 heavy (non-hydrogen) atoms. The maximum Gasteiger partial charge on any atom is 0.337 e. The van der Waals surface area contributed by atoms with E-state index >= 15 is 0 Å². The fourth-order valence-corrected chi connectivity index (χ4v) is 2.19. The van der Waals surface area contributed by atoms with Gasteiger partial charge in [-0.15, -0.1) is 11.3 Å². The molecule has 0 radical (unpaired) electrons. The van der Waals surface area contributed by atoms with Crippen LogP contribution in [0.1, 0.15) is 16.1 Å². The van der Waals surface area contributed by atoms with Crippen molar-refractivity contribution >= 4 is 34.7 Å². The predicted octanol–water partition coefficient (Wildman–Crippen LogP) is 2.17. The van der Waals surface area contributed by atoms with Crippen molar-refractivity contribution < 1.29 is 14.4 Å². The quantitative estimate of drug-likeness (QED) is 0.459. The number of carbonyl (C=O) groups is 3. The summed E-state index contributed by atoms with van der Waals surface area (Å²) in [6.45, 7) is 0. The molecule has 3 amide bonds. The van der Waals surface area contributed by atoms with Crippen LogP contribution in [-0.4, -0.2) is 17.7 Å². The first-order valence-corrected chi connectivity index (χ1v) is 7.00. The van der Waals surface area contributed by atoms with Crippen LogP contribution in [0, 0.1) is 0 Å². The SMILES string of the molecule is O=C(CC(=O)c1cccs1)NNC(=O)Nc1ccccc1. The first-order chi connectivity index (χ1) is 10.1. The lowest BCUT2D eigenvalue weighted by Crippen LogP contribution is -2.44. The number of hydrogen-bond donors (Lipinski definition) is 3. The third-order valence-corrected chi connectivity index (χ3v) is 3.38. The fourth-order valence-electron chi connectivity index (χ4n) is 1.52. The van der Waals surface area contributed by atoms with E-state index in [1.807, 2.05) is 6.07 Å². The van der Waals surface area contributed by atoms with Crippen molar-refractivity contribution in [2.75, 3.05) is 5.32 Å². The number of hydrogen-bond acceptors (Lipinski definition) is 4. The van der Waals surface area contributed by atoms with Gasteiger partial charge in [-0.25, -0.2) is 10.2 Å². The molecule has 0 saturated heterocycles. The second kappa shape index (κ2) is 7.20. The van der Waals surface area contributed by atoms with E-state index in [1.54, 1.807) is 41.8 Å². The minimum Gasteiger partial charge on any atom is -0.307 e. The third kappa shape index (κ3) is 4.73. The van der Waals surface area contributed by atoms with Crippen molar-refractivity contribution in [2.24, 2.45) is 0 Å². The first-order valence-electron chi connectivity index (χ1n) is 6.13. The number of ketones is 1. The van der Waals surface area contributed by atoms with Gasteiger partial charge < -0.3 is 5.32 Å². The Morgan fingerprint density at radius 2 is 1.71 bits per heavy atom. The highest BCUT2D eigenvalue weighted by Crippen LogP contribution is 2.10. The molecule has 1 heterocycles. The van der Waals surface area contributed by atoms with Crippen LogP contribution in [0.25, 0.3) is 0 Å². The molecule has 0 saturated carbocycles. The summed E-state index contributed by atoms with van der Waals surface area (Å²) in [6, 6.07) is 11.6. The van der Waals surface area contributed by atoms with Crippen LogP contribution >= 0.6 is 11.3 Å². The molecule has 0 spiro atoms. The summed E-state index contributed by atoms with van der Waals surface area (Å²) in [7, 11) is 0. The number of hydrazine groups is 1. The van der Waals surface area contributed by atoms with Gasteiger partial charge in [-0.3, -0.25) is 15.0 Å². The lowest BCUT2D eigenvalue weighted by atomic mass is 10.2. The number of Topliss-reactive ketones (excluding diaryl/α,β-unsaturated/α-hetero) is 1. The Labute approximate surface area is 125 Å². The number of rotatable bonds is 4. The monoisotopic (exact) mass is 303 g/mol. The van der Waals surface area contributed by atoms with E-state index in [9.17, 15) is 14.4 Å². The normalized spacial score (nSPS) is 9.71. The molecule has 0 aliphatic rings. The maximum absolute atomic E-state index is 11.7. The molecule has 0 unspecified atom stereocenters. The van der Waals surface area contributed by atoms with E-state index in [4.69, 9.17) is 0 Å². The van der Waals surface area contributed by atoms with Gasteiger partial charge in [0, 0.05) is 5.69 Å². The third-order valence-electron chi connectivity index (χ3n) is 2.46. The van der Waals surface area contributed by atoms with Crippen molar-refractivity contribution in [3.8, 4) is 0 Å². The first kappa shape index (κ1) is 14.7. The predicted molar refractivity (Wildman–Crippen MR) is 80.0 cm³/mol. The van der Waals surface area contributed by atoms with Crippen LogP contribution in [0.3, 0.4) is 0 Å². The van der Waals surface area contributed by atoms with Crippen molar-refractivity contribution in [3.05, 3.63) is 52.7 Å². The van der Waals surface area contributed by atoms with Crippen molar-refractivity contribution in [1.29, 1.82) is 0 Å². The molecule has 0 aliphatic heterocycles. The zero-order valence-electron chi connectivity index (χ0n) is 11.0. The summed E-state index contributed by atoms with van der Waals surface area (Å²) in [5.41, 5.74) is 4.96. The minimum atomic E-state index is -0.585. The van der Waals surface area contributed by atoms with Gasteiger partial charge in [0.2, 0.25) is 5.91 Å². The highest BCUT2D eigenvalue weighted by molar-refractivity contribution is 7.12. The summed E-state index contributed by atoms with van der Waals surface area (Å²) in [4.78, 5) is 35.2. The molecule has 6 nitrogen and oxygen atoms in total. The van der Waals surface area contributed by atoms with Crippen LogP contribution in [0.2, 0.25) is 0 Å². The number of urea groups is 1. The number of benzene rings is 1. The fraction of sp³-hybridized carbons (Fsp3) is 0.0714. The zero-order chi connectivity index (χ0) is 15.1. The number of amides is 3. The summed E-state index contributed by atoms with van der Waals surface area (Å²) in [5, 5.41) is 4.29. The molecule has 2 rings (SSSR count). The van der Waals surface area contributed by atoms with Crippen molar-refractivity contribution in [1.82, 2.24) is 10.9 Å². The Bertz CT molecular complexity index is 626. The second-order valence-corrected chi connectivity index (χ2v) is 5.02. The summed E-state index contributed by atoms with van der Waals surface area (Å²) in [6.07, 6.45) is -0.313. The lowest BCUT2D eigenvalue weighted by Gasteiger charge is -2.08. The van der Waals surface area contributed by atoms with Gasteiger partial charge >= 0.3 is 6.03 Å². The molecule has 108 valence electrons. The minimum absolute atomic E-state index is 0.284. The van der Waals surface area contributed by atoms with E-state index in [2.05, 4.69) is 16.2 Å². The number of nitrogens with one attached hydrogen (secondary N) is 3. The number of carbonyl (C=O) groups excluding carboxylic acids is 3. The molecule has 0 atom stereocenters. The van der Waals surface area contributed by atoms with Crippen LogP contribution in [0.15, 0.2) is 47.8 Å². The molecule has 0 fully saturated rings. The Hall–Kier alpha value is -2.67. The summed E-state index contributed by atoms with van der Waals surface area (Å²) < 4.78 is 0. The van der Waals surface area contributed by atoms with Gasteiger partial charge in [0.05, 0.1) is 11.3 Å². The molecule has 0 aliphatic carbocycles. The van der Waals surface area contributed by atoms with E-state index in [1.165, 1.54) is 11.3 Å². The summed E-state index contributed by atoms with van der Waals surface area (Å²) in [5.74, 6) is -0.857. The van der Waals surface area contributed by atoms with E-state index < -0.39 is 11.9 Å². The number of thiophene rings is 1. The molecule has 0 bridgehead atoms. The maximum atomic E-state index is 11.7.